The Labute approximate surface area is 356 Å². The fourth-order valence-corrected chi connectivity index (χ4v) is 7.64. The SMILES string of the molecule is CCCCCCCCCCCCCCN(C(=O)Oc1ccc(CSc2nnnn2CC(=O)OCCC)cc1)c1cccc2c(O)c(C(=O)Nc3ccccc3C=O)ccc12. The third-order valence-corrected chi connectivity index (χ3v) is 11.1. The number of aromatic hydroxyl groups is 1. The normalized spacial score (nSPS) is 11.0. The summed E-state index contributed by atoms with van der Waals surface area (Å²) in [5.74, 6) is -0.361. The van der Waals surface area contributed by atoms with E-state index in [9.17, 15) is 24.3 Å². The summed E-state index contributed by atoms with van der Waals surface area (Å²) in [4.78, 5) is 52.6. The van der Waals surface area contributed by atoms with Gasteiger partial charge in [0.25, 0.3) is 5.91 Å². The summed E-state index contributed by atoms with van der Waals surface area (Å²) in [5.41, 5.74) is 2.14. The van der Waals surface area contributed by atoms with Crippen molar-refractivity contribution in [2.75, 3.05) is 23.4 Å². The first-order chi connectivity index (χ1) is 29.3. The monoisotopic (exact) mass is 836 g/mol. The number of phenolic OH excluding ortho intramolecular Hbond substituents is 1. The topological polar surface area (TPSA) is 166 Å². The molecule has 4 aromatic carbocycles. The first kappa shape index (κ1) is 45.3. The molecule has 14 heteroatoms. The van der Waals surface area contributed by atoms with Crippen molar-refractivity contribution in [3.8, 4) is 11.5 Å². The van der Waals surface area contributed by atoms with Gasteiger partial charge in [0, 0.05) is 28.6 Å². The number of carbonyl (C=O) groups excluding carboxylic acids is 4. The Kier molecular flexibility index (Phi) is 18.4. The highest BCUT2D eigenvalue weighted by atomic mass is 32.2. The first-order valence-corrected chi connectivity index (χ1v) is 22.0. The Morgan fingerprint density at radius 3 is 2.20 bits per heavy atom. The zero-order valence-corrected chi connectivity index (χ0v) is 35.5. The molecule has 0 aliphatic rings. The molecular weight excluding hydrogens is 781 g/mol. The van der Waals surface area contributed by atoms with Crippen LogP contribution in [-0.4, -0.2) is 62.7 Å². The van der Waals surface area contributed by atoms with Crippen LogP contribution in [0.5, 0.6) is 11.5 Å². The lowest BCUT2D eigenvalue weighted by molar-refractivity contribution is -0.144. The number of fused-ring (bicyclic) bond motifs is 1. The van der Waals surface area contributed by atoms with Gasteiger partial charge in [-0.3, -0.25) is 19.3 Å². The number of benzene rings is 4. The maximum Gasteiger partial charge on any atom is 0.419 e. The van der Waals surface area contributed by atoms with E-state index in [0.717, 1.165) is 37.7 Å². The lowest BCUT2D eigenvalue weighted by Gasteiger charge is -2.24. The average molecular weight is 837 g/mol. The van der Waals surface area contributed by atoms with Crippen LogP contribution in [0.15, 0.2) is 84.0 Å². The molecule has 0 unspecified atom stereocenters. The van der Waals surface area contributed by atoms with Gasteiger partial charge in [-0.2, -0.15) is 0 Å². The van der Waals surface area contributed by atoms with E-state index < -0.39 is 18.0 Å². The zero-order chi connectivity index (χ0) is 42.5. The predicted molar refractivity (Wildman–Crippen MR) is 235 cm³/mol. The molecule has 1 heterocycles. The number of aldehydes is 1. The highest BCUT2D eigenvalue weighted by molar-refractivity contribution is 7.98. The van der Waals surface area contributed by atoms with E-state index in [1.165, 1.54) is 73.9 Å². The van der Waals surface area contributed by atoms with Crippen molar-refractivity contribution in [3.63, 3.8) is 0 Å². The predicted octanol–water partition coefficient (Wildman–Crippen LogP) is 10.5. The lowest BCUT2D eigenvalue weighted by atomic mass is 10.0. The number of carbonyl (C=O) groups is 4. The molecule has 60 heavy (non-hydrogen) atoms. The number of tetrazole rings is 1. The first-order valence-electron chi connectivity index (χ1n) is 21.1. The van der Waals surface area contributed by atoms with Crippen molar-refractivity contribution in [1.29, 1.82) is 0 Å². The van der Waals surface area contributed by atoms with Crippen molar-refractivity contribution in [1.82, 2.24) is 20.2 Å². The summed E-state index contributed by atoms with van der Waals surface area (Å²) in [5, 5.41) is 27.2. The molecule has 0 saturated heterocycles. The van der Waals surface area contributed by atoms with E-state index in [2.05, 4.69) is 27.8 Å². The number of esters is 1. The second-order valence-corrected chi connectivity index (χ2v) is 15.6. The molecule has 2 amide bonds. The van der Waals surface area contributed by atoms with Gasteiger partial charge in [-0.1, -0.05) is 139 Å². The number of rotatable bonds is 25. The van der Waals surface area contributed by atoms with Crippen molar-refractivity contribution in [2.45, 2.75) is 115 Å². The van der Waals surface area contributed by atoms with Gasteiger partial charge >= 0.3 is 12.1 Å². The van der Waals surface area contributed by atoms with Crippen LogP contribution in [0, 0.1) is 0 Å². The summed E-state index contributed by atoms with van der Waals surface area (Å²) in [6, 6.07) is 22.2. The molecule has 0 aliphatic carbocycles. The maximum absolute atomic E-state index is 14.1. The second kappa shape index (κ2) is 24.4. The number of phenols is 1. The minimum atomic E-state index is -0.575. The van der Waals surface area contributed by atoms with Crippen molar-refractivity contribution in [2.24, 2.45) is 0 Å². The Morgan fingerprint density at radius 2 is 1.50 bits per heavy atom. The van der Waals surface area contributed by atoms with E-state index in [1.807, 2.05) is 19.1 Å². The van der Waals surface area contributed by atoms with Crippen LogP contribution in [0.1, 0.15) is 124 Å². The van der Waals surface area contributed by atoms with Crippen molar-refractivity contribution < 1.29 is 33.8 Å². The molecule has 5 aromatic rings. The van der Waals surface area contributed by atoms with Gasteiger partial charge in [0.15, 0.2) is 6.29 Å². The highest BCUT2D eigenvalue weighted by Gasteiger charge is 2.23. The molecule has 0 spiro atoms. The molecule has 0 bridgehead atoms. The van der Waals surface area contributed by atoms with E-state index in [0.29, 0.717) is 63.8 Å². The highest BCUT2D eigenvalue weighted by Crippen LogP contribution is 2.36. The average Bonchev–Trinajstić information content (AvgIpc) is 3.70. The molecule has 0 atom stereocenters. The number of hydrogen-bond acceptors (Lipinski definition) is 11. The Morgan fingerprint density at radius 1 is 0.800 bits per heavy atom. The van der Waals surface area contributed by atoms with Crippen LogP contribution < -0.4 is 15.0 Å². The van der Waals surface area contributed by atoms with E-state index in [4.69, 9.17) is 9.47 Å². The zero-order valence-electron chi connectivity index (χ0n) is 34.6. The van der Waals surface area contributed by atoms with Gasteiger partial charge in [0.1, 0.15) is 18.0 Å². The summed E-state index contributed by atoms with van der Waals surface area (Å²) >= 11 is 1.37. The van der Waals surface area contributed by atoms with Gasteiger partial charge < -0.3 is 19.9 Å². The number of ether oxygens (including phenoxy) is 2. The van der Waals surface area contributed by atoms with Gasteiger partial charge in [0.2, 0.25) is 5.16 Å². The van der Waals surface area contributed by atoms with Gasteiger partial charge in [-0.05, 0) is 65.2 Å². The number of amides is 2. The summed E-state index contributed by atoms with van der Waals surface area (Å²) in [6.45, 7) is 4.81. The molecule has 0 aliphatic heterocycles. The van der Waals surface area contributed by atoms with Crippen LogP contribution >= 0.6 is 11.8 Å². The van der Waals surface area contributed by atoms with Gasteiger partial charge in [-0.25, -0.2) is 9.48 Å². The molecule has 5 rings (SSSR count). The second-order valence-electron chi connectivity index (χ2n) is 14.7. The standard InChI is InChI=1S/C46H56N6O7S/c1-3-5-6-7-8-9-10-11-12-13-14-17-29-51(41-22-18-20-38-37(41)27-28-39(43(38)55)44(56)47-40-21-16-15-19-35(40)32-53)46(57)59-36-25-23-34(24-26-36)33-60-45-48-49-50-52(45)31-42(54)58-30-4-2/h15-16,18-28,32,55H,3-14,17,29-31,33H2,1-2H3,(H,47,56). The van der Waals surface area contributed by atoms with Crippen LogP contribution in [0.3, 0.4) is 0 Å². The van der Waals surface area contributed by atoms with Crippen LogP contribution in [0.4, 0.5) is 16.2 Å². The number of aromatic nitrogens is 4. The summed E-state index contributed by atoms with van der Waals surface area (Å²) < 4.78 is 12.5. The molecule has 13 nitrogen and oxygen atoms in total. The number of nitrogens with zero attached hydrogens (tertiary/aromatic N) is 5. The summed E-state index contributed by atoms with van der Waals surface area (Å²) in [7, 11) is 0. The van der Waals surface area contributed by atoms with E-state index in [1.54, 1.807) is 65.6 Å². The van der Waals surface area contributed by atoms with Gasteiger partial charge in [-0.15, -0.1) is 5.10 Å². The third kappa shape index (κ3) is 13.4. The van der Waals surface area contributed by atoms with Crippen molar-refractivity contribution >= 4 is 58.2 Å². The largest absolute Gasteiger partial charge is 0.506 e. The van der Waals surface area contributed by atoms with E-state index >= 15 is 0 Å². The number of hydrogen-bond donors (Lipinski definition) is 2. The third-order valence-electron chi connectivity index (χ3n) is 10.1. The van der Waals surface area contributed by atoms with Crippen LogP contribution in [-0.2, 0) is 21.8 Å². The minimum Gasteiger partial charge on any atom is -0.506 e. The number of thioether (sulfide) groups is 1. The number of para-hydroxylation sites is 1. The quantitative estimate of drug-likeness (QED) is 0.0249. The molecule has 1 aromatic heterocycles. The van der Waals surface area contributed by atoms with E-state index in [-0.39, 0.29) is 17.9 Å². The Hall–Kier alpha value is -5.76. The maximum atomic E-state index is 14.1. The fourth-order valence-electron chi connectivity index (χ4n) is 6.81. The number of unbranched alkanes of at least 4 members (excludes halogenated alkanes) is 11. The van der Waals surface area contributed by atoms with Crippen LogP contribution in [0.2, 0.25) is 0 Å². The van der Waals surface area contributed by atoms with Crippen molar-refractivity contribution in [3.05, 3.63) is 95.6 Å². The Balaban J connectivity index is 1.26. The molecule has 0 radical (unpaired) electrons. The lowest BCUT2D eigenvalue weighted by Crippen LogP contribution is -2.34. The smallest absolute Gasteiger partial charge is 0.419 e. The fraction of sp³-hybridized carbons (Fsp3) is 0.413. The van der Waals surface area contributed by atoms with Gasteiger partial charge in [0.05, 0.1) is 23.5 Å². The van der Waals surface area contributed by atoms with Crippen LogP contribution in [0.25, 0.3) is 10.8 Å². The Bertz CT molecular complexity index is 2160. The minimum absolute atomic E-state index is 0.0275. The molecule has 0 saturated carbocycles. The number of nitrogens with one attached hydrogen (secondary N) is 1. The molecule has 318 valence electrons. The molecule has 2 N–H and O–H groups in total. The molecule has 0 fully saturated rings. The summed E-state index contributed by atoms with van der Waals surface area (Å²) in [6.07, 6.45) is 15.0. The molecular formula is C46H56N6O7S. The number of anilines is 2.